The number of amides is 2. The van der Waals surface area contributed by atoms with E-state index in [4.69, 9.17) is 41.3 Å². The molecule has 15 nitrogen and oxygen atoms in total. The third-order valence-electron chi connectivity index (χ3n) is 5.66. The molecule has 10 N–H and O–H groups in total. The molecule has 1 aromatic heterocycles. The van der Waals surface area contributed by atoms with Crippen LogP contribution in [-0.4, -0.2) is 81.9 Å². The van der Waals surface area contributed by atoms with Gasteiger partial charge in [-0.3, -0.25) is 14.6 Å². The zero-order valence-corrected chi connectivity index (χ0v) is 22.9. The van der Waals surface area contributed by atoms with Crippen LogP contribution in [0.2, 0.25) is 0 Å². The van der Waals surface area contributed by atoms with Crippen molar-refractivity contribution in [3.63, 3.8) is 0 Å². The monoisotopic (exact) mass is 581 g/mol. The Morgan fingerprint density at radius 1 is 1.28 bits per heavy atom. The summed E-state index contributed by atoms with van der Waals surface area (Å²) >= 11 is 1.15. The van der Waals surface area contributed by atoms with E-state index >= 15 is 0 Å². The largest absolute Gasteiger partial charge is 0.490 e. The number of carbonyl (C=O) groups is 2. The Labute approximate surface area is 232 Å². The van der Waals surface area contributed by atoms with Crippen LogP contribution in [0.1, 0.15) is 25.1 Å². The first-order valence-electron chi connectivity index (χ1n) is 11.6. The summed E-state index contributed by atoms with van der Waals surface area (Å²) in [5, 5.41) is 9.24. The number of hydroxylamine groups is 2. The number of carbonyl (C=O) groups excluding carboxylic acids is 2. The number of oxime groups is 1. The van der Waals surface area contributed by atoms with Gasteiger partial charge in [-0.2, -0.15) is 9.35 Å². The van der Waals surface area contributed by atoms with E-state index < -0.39 is 23.4 Å². The summed E-state index contributed by atoms with van der Waals surface area (Å²) in [6, 6.07) is 5.76. The Balaban J connectivity index is 1.58. The number of nitrogens with one attached hydrogen (secondary N) is 1. The van der Waals surface area contributed by atoms with E-state index in [1.807, 2.05) is 0 Å². The molecule has 1 atom stereocenters. The fourth-order valence-corrected chi connectivity index (χ4v) is 4.34. The van der Waals surface area contributed by atoms with E-state index in [9.17, 15) is 9.59 Å². The van der Waals surface area contributed by atoms with Crippen LogP contribution >= 0.6 is 23.7 Å². The van der Waals surface area contributed by atoms with Gasteiger partial charge in [0.15, 0.2) is 29.8 Å². The SMILES string of the molecule is CC1(C)[C@H](NC(=O)/C(=N\OCCOc2ccc(C(N)=NC(CN)CN)cc2)c2csc(N)n2)C(=O)N1OSO. The maximum Gasteiger partial charge on any atom is 0.276 e. The molecule has 2 aromatic rings. The van der Waals surface area contributed by atoms with Crippen LogP contribution in [0.25, 0.3) is 0 Å². The first kappa shape index (κ1) is 30.1. The number of amidine groups is 1. The van der Waals surface area contributed by atoms with Crippen molar-refractivity contribution in [3.05, 3.63) is 40.9 Å². The third-order valence-corrected chi connectivity index (χ3v) is 6.54. The van der Waals surface area contributed by atoms with E-state index in [0.717, 1.165) is 16.4 Å². The van der Waals surface area contributed by atoms with E-state index in [1.165, 1.54) is 0 Å². The second-order valence-electron chi connectivity index (χ2n) is 8.70. The molecule has 1 aromatic carbocycles. The highest BCUT2D eigenvalue weighted by Gasteiger charge is 2.57. The lowest BCUT2D eigenvalue weighted by molar-refractivity contribution is -0.214. The lowest BCUT2D eigenvalue weighted by Crippen LogP contribution is -2.76. The second-order valence-corrected chi connectivity index (χ2v) is 9.89. The minimum absolute atomic E-state index is 0.000376. The number of rotatable bonds is 14. The summed E-state index contributed by atoms with van der Waals surface area (Å²) in [5.74, 6) is -0.366. The number of hydrogen-bond donors (Lipinski definition) is 6. The minimum atomic E-state index is -0.930. The molecule has 212 valence electrons. The highest BCUT2D eigenvalue weighted by molar-refractivity contribution is 7.88. The van der Waals surface area contributed by atoms with Crippen LogP contribution in [0.3, 0.4) is 0 Å². The van der Waals surface area contributed by atoms with Crippen molar-refractivity contribution >= 4 is 52.2 Å². The molecule has 1 saturated heterocycles. The van der Waals surface area contributed by atoms with Crippen LogP contribution in [0, 0.1) is 0 Å². The quantitative estimate of drug-likeness (QED) is 0.0420. The molecule has 0 unspecified atom stereocenters. The Hall–Kier alpha value is -3.48. The van der Waals surface area contributed by atoms with Gasteiger partial charge in [0.05, 0.1) is 11.6 Å². The normalized spacial score (nSPS) is 17.2. The molecule has 2 heterocycles. The number of ether oxygens (including phenoxy) is 1. The Bertz CT molecular complexity index is 1200. The lowest BCUT2D eigenvalue weighted by Gasteiger charge is -2.50. The van der Waals surface area contributed by atoms with Crippen molar-refractivity contribution in [2.45, 2.75) is 31.5 Å². The summed E-state index contributed by atoms with van der Waals surface area (Å²) in [6.45, 7) is 4.03. The van der Waals surface area contributed by atoms with E-state index in [1.54, 1.807) is 43.5 Å². The number of aliphatic imine (C=N–C) groups is 1. The average Bonchev–Trinajstić information content (AvgIpc) is 3.36. The van der Waals surface area contributed by atoms with Crippen LogP contribution in [-0.2, 0) is 18.7 Å². The second kappa shape index (κ2) is 13.5. The van der Waals surface area contributed by atoms with Gasteiger partial charge in [-0.1, -0.05) is 5.16 Å². The van der Waals surface area contributed by atoms with Crippen molar-refractivity contribution in [2.24, 2.45) is 27.3 Å². The molecule has 0 aliphatic carbocycles. The third kappa shape index (κ3) is 7.34. The van der Waals surface area contributed by atoms with Crippen LogP contribution in [0.5, 0.6) is 5.75 Å². The first-order chi connectivity index (χ1) is 18.6. The molecule has 1 aliphatic rings. The van der Waals surface area contributed by atoms with Crippen LogP contribution in [0.15, 0.2) is 39.8 Å². The van der Waals surface area contributed by atoms with Gasteiger partial charge in [-0.25, -0.2) is 4.98 Å². The predicted octanol–water partition coefficient (Wildman–Crippen LogP) is -0.325. The predicted molar refractivity (Wildman–Crippen MR) is 148 cm³/mol. The lowest BCUT2D eigenvalue weighted by atomic mass is 9.84. The van der Waals surface area contributed by atoms with Gasteiger partial charge in [0.25, 0.3) is 11.8 Å². The topological polar surface area (TPSA) is 239 Å². The molecule has 0 spiro atoms. The van der Waals surface area contributed by atoms with Gasteiger partial charge in [-0.15, -0.1) is 11.3 Å². The minimum Gasteiger partial charge on any atom is -0.490 e. The van der Waals surface area contributed by atoms with E-state index in [-0.39, 0.29) is 48.1 Å². The average molecular weight is 582 g/mol. The molecule has 0 radical (unpaired) electrons. The zero-order valence-electron chi connectivity index (χ0n) is 21.3. The number of anilines is 1. The number of benzene rings is 1. The molecule has 2 amide bonds. The van der Waals surface area contributed by atoms with Crippen molar-refractivity contribution in [2.75, 3.05) is 32.0 Å². The maximum atomic E-state index is 13.0. The highest BCUT2D eigenvalue weighted by atomic mass is 32.2. The number of aromatic nitrogens is 1. The first-order valence-corrected chi connectivity index (χ1v) is 13.2. The molecular weight excluding hydrogens is 550 g/mol. The van der Waals surface area contributed by atoms with Gasteiger partial charge in [0.1, 0.15) is 29.9 Å². The van der Waals surface area contributed by atoms with E-state index in [2.05, 4.69) is 20.4 Å². The highest BCUT2D eigenvalue weighted by Crippen LogP contribution is 2.33. The molecule has 1 fully saturated rings. The molecule has 1 aliphatic heterocycles. The number of nitrogens with two attached hydrogens (primary N) is 4. The summed E-state index contributed by atoms with van der Waals surface area (Å²) < 4.78 is 19.4. The summed E-state index contributed by atoms with van der Waals surface area (Å²) in [4.78, 5) is 39.0. The molecule has 39 heavy (non-hydrogen) atoms. The number of β-lactam (4-membered cyclic amide) rings is 1. The molecular formula is C22H31N9O6S2. The maximum absolute atomic E-state index is 13.0. The van der Waals surface area contributed by atoms with Gasteiger partial charge in [-0.05, 0) is 38.1 Å². The molecule has 0 saturated carbocycles. The van der Waals surface area contributed by atoms with Gasteiger partial charge < -0.3 is 42.4 Å². The number of hydrogen-bond acceptors (Lipinski definition) is 14. The molecule has 0 bridgehead atoms. The summed E-state index contributed by atoms with van der Waals surface area (Å²) in [7, 11) is 0. The molecule has 17 heteroatoms. The van der Waals surface area contributed by atoms with E-state index in [0.29, 0.717) is 30.2 Å². The standard InChI is InChI=1S/C22H31N9O6S2/c1-22(2)17(20(33)31(22)37-39-34)29-19(32)16(15-11-38-21(26)28-15)30-36-8-7-35-14-5-3-12(4-6-14)18(25)27-13(9-23)10-24/h3-6,11,13,17,34H,7-10,23-24H2,1-2H3,(H2,25,27)(H2,26,28)(H,29,32)/b30-16-/t17-/m1/s1. The van der Waals surface area contributed by atoms with Crippen LogP contribution < -0.4 is 33.0 Å². The summed E-state index contributed by atoms with van der Waals surface area (Å²) in [6.07, 6.45) is 0. The smallest absolute Gasteiger partial charge is 0.276 e. The summed E-state index contributed by atoms with van der Waals surface area (Å²) in [5.41, 5.74) is 22.7. The van der Waals surface area contributed by atoms with Gasteiger partial charge in [0, 0.05) is 24.0 Å². The number of thiazole rings is 1. The number of nitrogen functional groups attached to an aromatic ring is 1. The van der Waals surface area contributed by atoms with Gasteiger partial charge in [0.2, 0.25) is 0 Å². The van der Waals surface area contributed by atoms with Crippen molar-refractivity contribution < 1.29 is 28.0 Å². The van der Waals surface area contributed by atoms with Crippen molar-refractivity contribution in [3.8, 4) is 5.75 Å². The zero-order chi connectivity index (χ0) is 28.6. The fraction of sp³-hybridized carbons (Fsp3) is 0.409. The Morgan fingerprint density at radius 2 is 1.97 bits per heavy atom. The van der Waals surface area contributed by atoms with Crippen molar-refractivity contribution in [1.29, 1.82) is 0 Å². The molecule has 3 rings (SSSR count). The fourth-order valence-electron chi connectivity index (χ4n) is 3.46. The van der Waals surface area contributed by atoms with Crippen molar-refractivity contribution in [1.82, 2.24) is 15.4 Å². The van der Waals surface area contributed by atoms with Gasteiger partial charge >= 0.3 is 0 Å². The number of nitrogens with zero attached hydrogens (tertiary/aromatic N) is 4. The Morgan fingerprint density at radius 3 is 2.54 bits per heavy atom. The van der Waals surface area contributed by atoms with Crippen LogP contribution in [0.4, 0.5) is 5.13 Å². The Kier molecular flexibility index (Phi) is 10.4.